The molecule has 1 amide bonds. The van der Waals surface area contributed by atoms with E-state index in [1.807, 2.05) is 0 Å². The molecule has 1 heterocycles. The number of sulfonamides is 1. The number of anilines is 1. The van der Waals surface area contributed by atoms with Crippen LogP contribution in [0.2, 0.25) is 0 Å². The van der Waals surface area contributed by atoms with Gasteiger partial charge in [-0.15, -0.1) is 0 Å². The minimum atomic E-state index is -3.80. The van der Waals surface area contributed by atoms with Crippen molar-refractivity contribution in [3.63, 3.8) is 0 Å². The molecule has 0 bridgehead atoms. The van der Waals surface area contributed by atoms with Crippen LogP contribution >= 0.6 is 0 Å². The standard InChI is InChI=1S/C15H12N4O5S/c16-25(23,24)10-4-2-9(3-5-10)18-19-13-11-7-8(15(21)22)1-6-12(11)17-14(13)20/h1-7,13H,(H,17,20)(H,21,22)(H2,16,23,24). The molecule has 1 aliphatic rings. The Labute approximate surface area is 142 Å². The number of primary sulfonamides is 1. The molecule has 1 unspecified atom stereocenters. The molecule has 9 nitrogen and oxygen atoms in total. The van der Waals surface area contributed by atoms with Gasteiger partial charge >= 0.3 is 5.97 Å². The topological polar surface area (TPSA) is 151 Å². The molecule has 0 saturated carbocycles. The summed E-state index contributed by atoms with van der Waals surface area (Å²) in [5.41, 5.74) is 1.24. The van der Waals surface area contributed by atoms with Gasteiger partial charge in [0.1, 0.15) is 0 Å². The Hall–Kier alpha value is -3.11. The number of carboxylic acid groups (broad SMARTS) is 1. The highest BCUT2D eigenvalue weighted by atomic mass is 32.2. The van der Waals surface area contributed by atoms with Crippen LogP contribution < -0.4 is 10.5 Å². The number of hydrogen-bond acceptors (Lipinski definition) is 6. The first-order valence-electron chi connectivity index (χ1n) is 6.97. The monoisotopic (exact) mass is 360 g/mol. The molecular weight excluding hydrogens is 348 g/mol. The van der Waals surface area contributed by atoms with E-state index in [1.54, 1.807) is 0 Å². The molecule has 3 rings (SSSR count). The number of carbonyl (C=O) groups is 2. The SMILES string of the molecule is NS(=O)(=O)c1ccc(N=NC2C(=O)Nc3ccc(C(=O)O)cc32)cc1. The molecule has 25 heavy (non-hydrogen) atoms. The van der Waals surface area contributed by atoms with Crippen molar-refractivity contribution < 1.29 is 23.1 Å². The smallest absolute Gasteiger partial charge is 0.335 e. The molecule has 1 aliphatic heterocycles. The highest BCUT2D eigenvalue weighted by Gasteiger charge is 2.31. The van der Waals surface area contributed by atoms with Crippen molar-refractivity contribution in [1.29, 1.82) is 0 Å². The Balaban J connectivity index is 1.89. The average molecular weight is 360 g/mol. The van der Waals surface area contributed by atoms with E-state index < -0.39 is 27.9 Å². The van der Waals surface area contributed by atoms with Crippen LogP contribution in [-0.2, 0) is 14.8 Å². The van der Waals surface area contributed by atoms with Crippen LogP contribution in [0.25, 0.3) is 0 Å². The summed E-state index contributed by atoms with van der Waals surface area (Å²) in [5.74, 6) is -1.54. The molecule has 0 fully saturated rings. The van der Waals surface area contributed by atoms with Gasteiger partial charge in [-0.1, -0.05) is 0 Å². The van der Waals surface area contributed by atoms with Crippen LogP contribution in [0.4, 0.5) is 11.4 Å². The zero-order valence-electron chi connectivity index (χ0n) is 12.6. The Morgan fingerprint density at radius 3 is 2.44 bits per heavy atom. The molecular formula is C15H12N4O5S. The number of azo groups is 1. The number of nitrogens with two attached hydrogens (primary N) is 1. The van der Waals surface area contributed by atoms with Crippen molar-refractivity contribution in [2.75, 3.05) is 5.32 Å². The summed E-state index contributed by atoms with van der Waals surface area (Å²) in [5, 5.41) is 24.5. The third-order valence-corrected chi connectivity index (χ3v) is 4.48. The summed E-state index contributed by atoms with van der Waals surface area (Å²) in [4.78, 5) is 23.0. The van der Waals surface area contributed by atoms with Crippen LogP contribution in [0.1, 0.15) is 22.0 Å². The Bertz CT molecular complexity index is 999. The normalized spacial score (nSPS) is 16.7. The summed E-state index contributed by atoms with van der Waals surface area (Å²) >= 11 is 0. The van der Waals surface area contributed by atoms with Crippen LogP contribution in [0, 0.1) is 0 Å². The quantitative estimate of drug-likeness (QED) is 0.710. The second-order valence-corrected chi connectivity index (χ2v) is 6.81. The van der Waals surface area contributed by atoms with Crippen LogP contribution in [0.5, 0.6) is 0 Å². The van der Waals surface area contributed by atoms with Gasteiger partial charge in [0.25, 0.3) is 5.91 Å². The number of carbonyl (C=O) groups excluding carboxylic acids is 1. The van der Waals surface area contributed by atoms with Gasteiger partial charge in [-0.05, 0) is 42.5 Å². The largest absolute Gasteiger partial charge is 0.478 e. The predicted molar refractivity (Wildman–Crippen MR) is 87.1 cm³/mol. The van der Waals surface area contributed by atoms with Gasteiger partial charge < -0.3 is 10.4 Å². The van der Waals surface area contributed by atoms with Gasteiger partial charge in [-0.2, -0.15) is 10.2 Å². The molecule has 2 aromatic carbocycles. The lowest BCUT2D eigenvalue weighted by atomic mass is 10.1. The number of nitrogens with one attached hydrogen (secondary N) is 1. The summed E-state index contributed by atoms with van der Waals surface area (Å²) in [6.07, 6.45) is 0. The lowest BCUT2D eigenvalue weighted by Gasteiger charge is -2.03. The van der Waals surface area contributed by atoms with E-state index in [0.717, 1.165) is 0 Å². The van der Waals surface area contributed by atoms with Crippen molar-refractivity contribution in [3.8, 4) is 0 Å². The second kappa shape index (κ2) is 6.07. The maximum atomic E-state index is 12.0. The molecule has 0 spiro atoms. The molecule has 128 valence electrons. The van der Waals surface area contributed by atoms with Crippen molar-refractivity contribution in [2.24, 2.45) is 15.4 Å². The Morgan fingerprint density at radius 1 is 1.16 bits per heavy atom. The number of benzene rings is 2. The number of hydrogen-bond donors (Lipinski definition) is 3. The van der Waals surface area contributed by atoms with E-state index in [2.05, 4.69) is 15.5 Å². The first-order valence-corrected chi connectivity index (χ1v) is 8.52. The van der Waals surface area contributed by atoms with Crippen molar-refractivity contribution >= 4 is 33.3 Å². The van der Waals surface area contributed by atoms with Crippen molar-refractivity contribution in [2.45, 2.75) is 10.9 Å². The minimum absolute atomic E-state index is 0.0351. The van der Waals surface area contributed by atoms with E-state index in [9.17, 15) is 18.0 Å². The highest BCUT2D eigenvalue weighted by Crippen LogP contribution is 2.35. The zero-order valence-corrected chi connectivity index (χ0v) is 13.4. The van der Waals surface area contributed by atoms with Gasteiger partial charge in [-0.3, -0.25) is 4.79 Å². The fourth-order valence-electron chi connectivity index (χ4n) is 2.32. The highest BCUT2D eigenvalue weighted by molar-refractivity contribution is 7.89. The maximum Gasteiger partial charge on any atom is 0.335 e. The van der Waals surface area contributed by atoms with E-state index in [-0.39, 0.29) is 10.5 Å². The zero-order chi connectivity index (χ0) is 18.2. The first kappa shape index (κ1) is 16.7. The third kappa shape index (κ3) is 3.39. The van der Waals surface area contributed by atoms with Crippen LogP contribution in [0.3, 0.4) is 0 Å². The van der Waals surface area contributed by atoms with Crippen LogP contribution in [0.15, 0.2) is 57.6 Å². The number of aromatic carboxylic acids is 1. The molecule has 0 saturated heterocycles. The van der Waals surface area contributed by atoms with E-state index in [0.29, 0.717) is 16.9 Å². The van der Waals surface area contributed by atoms with Gasteiger partial charge in [0.15, 0.2) is 6.04 Å². The van der Waals surface area contributed by atoms with Gasteiger partial charge in [-0.25, -0.2) is 18.4 Å². The fourth-order valence-corrected chi connectivity index (χ4v) is 2.84. The molecule has 2 aromatic rings. The van der Waals surface area contributed by atoms with Gasteiger partial charge in [0, 0.05) is 11.3 Å². The summed E-state index contributed by atoms with van der Waals surface area (Å²) in [6.45, 7) is 0. The minimum Gasteiger partial charge on any atom is -0.478 e. The molecule has 4 N–H and O–H groups in total. The second-order valence-electron chi connectivity index (χ2n) is 5.25. The van der Waals surface area contributed by atoms with E-state index >= 15 is 0 Å². The summed E-state index contributed by atoms with van der Waals surface area (Å²) in [6, 6.07) is 8.59. The molecule has 0 aliphatic carbocycles. The Morgan fingerprint density at radius 2 is 1.84 bits per heavy atom. The third-order valence-electron chi connectivity index (χ3n) is 3.55. The van der Waals surface area contributed by atoms with Gasteiger partial charge in [0.05, 0.1) is 16.1 Å². The van der Waals surface area contributed by atoms with Crippen molar-refractivity contribution in [3.05, 3.63) is 53.6 Å². The fraction of sp³-hybridized carbons (Fsp3) is 0.0667. The lowest BCUT2D eigenvalue weighted by molar-refractivity contribution is -0.117. The first-order chi connectivity index (χ1) is 11.8. The Kier molecular flexibility index (Phi) is 4.07. The average Bonchev–Trinajstić information content (AvgIpc) is 2.87. The number of rotatable bonds is 4. The number of amides is 1. The molecule has 10 heteroatoms. The number of fused-ring (bicyclic) bond motifs is 1. The molecule has 0 aromatic heterocycles. The number of carboxylic acids is 1. The summed E-state index contributed by atoms with van der Waals surface area (Å²) < 4.78 is 22.4. The van der Waals surface area contributed by atoms with E-state index in [4.69, 9.17) is 10.2 Å². The predicted octanol–water partition coefficient (Wildman–Crippen LogP) is 1.81. The van der Waals surface area contributed by atoms with Crippen LogP contribution in [-0.4, -0.2) is 25.4 Å². The van der Waals surface area contributed by atoms with E-state index in [1.165, 1.54) is 42.5 Å². The lowest BCUT2D eigenvalue weighted by Crippen LogP contribution is -2.11. The maximum absolute atomic E-state index is 12.0. The van der Waals surface area contributed by atoms with Crippen molar-refractivity contribution in [1.82, 2.24) is 0 Å². The molecule has 1 atom stereocenters. The number of nitrogens with zero attached hydrogens (tertiary/aromatic N) is 2. The summed E-state index contributed by atoms with van der Waals surface area (Å²) in [7, 11) is -3.80. The molecule has 0 radical (unpaired) electrons. The van der Waals surface area contributed by atoms with Gasteiger partial charge in [0.2, 0.25) is 10.0 Å².